The minimum Gasteiger partial charge on any atom is -0.460 e. The van der Waals surface area contributed by atoms with E-state index in [0.29, 0.717) is 6.42 Å². The Kier molecular flexibility index (Phi) is 7.62. The Morgan fingerprint density at radius 1 is 0.897 bits per heavy atom. The summed E-state index contributed by atoms with van der Waals surface area (Å²) in [7, 11) is -3.86. The lowest BCUT2D eigenvalue weighted by Crippen LogP contribution is -2.37. The molecule has 1 saturated heterocycles. The summed E-state index contributed by atoms with van der Waals surface area (Å²) >= 11 is 0. The van der Waals surface area contributed by atoms with E-state index in [2.05, 4.69) is 0 Å². The van der Waals surface area contributed by atoms with E-state index in [0.717, 1.165) is 11.1 Å². The van der Waals surface area contributed by atoms with Crippen LogP contribution in [0.3, 0.4) is 0 Å². The molecule has 0 N–H and O–H groups in total. The Morgan fingerprint density at radius 3 is 1.90 bits per heavy atom. The first-order chi connectivity index (χ1) is 14.0. The van der Waals surface area contributed by atoms with Crippen molar-refractivity contribution in [3.05, 3.63) is 71.8 Å². The van der Waals surface area contributed by atoms with Gasteiger partial charge in [-0.2, -0.15) is 0 Å². The van der Waals surface area contributed by atoms with E-state index in [9.17, 15) is 9.36 Å². The molecule has 0 saturated carbocycles. The molecule has 3 rings (SSSR count). The number of hydrogen-bond donors (Lipinski definition) is 0. The number of phosphoric acid groups is 1. The average Bonchev–Trinajstić information content (AvgIpc) is 2.75. The molecule has 6 nitrogen and oxygen atoms in total. The SMILES string of the molecule is C[C@H]1C[C@@H](COP(=O)(OCc2ccccc2)OCc2ccccc2)OC(=O)[C@@H]1C. The van der Waals surface area contributed by atoms with Gasteiger partial charge in [0.2, 0.25) is 0 Å². The van der Waals surface area contributed by atoms with Crippen LogP contribution in [0.5, 0.6) is 0 Å². The van der Waals surface area contributed by atoms with Gasteiger partial charge in [-0.3, -0.25) is 18.4 Å². The summed E-state index contributed by atoms with van der Waals surface area (Å²) in [6.07, 6.45) is 0.173. The van der Waals surface area contributed by atoms with Crippen molar-refractivity contribution >= 4 is 13.8 Å². The normalized spacial score (nSPS) is 22.3. The first-order valence-electron chi connectivity index (χ1n) is 9.77. The largest absolute Gasteiger partial charge is 0.475 e. The van der Waals surface area contributed by atoms with Crippen molar-refractivity contribution in [2.75, 3.05) is 6.61 Å². The Hall–Kier alpha value is -1.98. The zero-order chi connectivity index (χ0) is 20.7. The van der Waals surface area contributed by atoms with Crippen LogP contribution in [-0.4, -0.2) is 18.7 Å². The lowest BCUT2D eigenvalue weighted by atomic mass is 9.88. The van der Waals surface area contributed by atoms with Gasteiger partial charge < -0.3 is 4.74 Å². The summed E-state index contributed by atoms with van der Waals surface area (Å²) in [6.45, 7) is 3.98. The third-order valence-corrected chi connectivity index (χ3v) is 6.38. The van der Waals surface area contributed by atoms with Gasteiger partial charge in [0, 0.05) is 0 Å². The third kappa shape index (κ3) is 6.51. The number of hydrogen-bond acceptors (Lipinski definition) is 6. The monoisotopic (exact) mass is 418 g/mol. The summed E-state index contributed by atoms with van der Waals surface area (Å²) in [5.74, 6) is -0.246. The predicted molar refractivity (Wildman–Crippen MR) is 109 cm³/mol. The van der Waals surface area contributed by atoms with E-state index in [4.69, 9.17) is 18.3 Å². The van der Waals surface area contributed by atoms with Crippen molar-refractivity contribution in [1.82, 2.24) is 0 Å². The molecule has 29 heavy (non-hydrogen) atoms. The van der Waals surface area contributed by atoms with E-state index >= 15 is 0 Å². The van der Waals surface area contributed by atoms with Crippen LogP contribution in [-0.2, 0) is 40.9 Å². The molecule has 1 fully saturated rings. The second kappa shape index (κ2) is 10.2. The van der Waals surface area contributed by atoms with Crippen LogP contribution in [0.2, 0.25) is 0 Å². The maximum absolute atomic E-state index is 13.2. The molecular weight excluding hydrogens is 391 g/mol. The molecule has 7 heteroatoms. The topological polar surface area (TPSA) is 71.1 Å². The Balaban J connectivity index is 1.63. The second-order valence-electron chi connectivity index (χ2n) is 7.32. The number of esters is 1. The van der Waals surface area contributed by atoms with E-state index in [1.807, 2.05) is 74.5 Å². The maximum atomic E-state index is 13.2. The minimum atomic E-state index is -3.86. The molecule has 156 valence electrons. The highest BCUT2D eigenvalue weighted by Crippen LogP contribution is 2.51. The first-order valence-corrected chi connectivity index (χ1v) is 11.2. The van der Waals surface area contributed by atoms with Crippen LogP contribution in [0.4, 0.5) is 0 Å². The first kappa shape index (κ1) is 21.7. The number of carbonyl (C=O) groups excluding carboxylic acids is 1. The molecule has 0 spiro atoms. The molecule has 3 atom stereocenters. The number of rotatable bonds is 9. The molecule has 0 aromatic heterocycles. The Morgan fingerprint density at radius 2 is 1.41 bits per heavy atom. The number of ether oxygens (including phenoxy) is 1. The van der Waals surface area contributed by atoms with Gasteiger partial charge in [-0.25, -0.2) is 4.57 Å². The molecule has 0 bridgehead atoms. The van der Waals surface area contributed by atoms with Gasteiger partial charge in [-0.15, -0.1) is 0 Å². The van der Waals surface area contributed by atoms with Crippen molar-refractivity contribution in [2.45, 2.75) is 39.6 Å². The van der Waals surface area contributed by atoms with Crippen molar-refractivity contribution < 1.29 is 27.7 Å². The fourth-order valence-electron chi connectivity index (χ4n) is 3.01. The quantitative estimate of drug-likeness (QED) is 0.415. The molecule has 1 aliphatic heterocycles. The molecule has 0 radical (unpaired) electrons. The van der Waals surface area contributed by atoms with E-state index < -0.39 is 13.9 Å². The van der Waals surface area contributed by atoms with Crippen molar-refractivity contribution in [3.63, 3.8) is 0 Å². The van der Waals surface area contributed by atoms with Gasteiger partial charge in [0.25, 0.3) is 0 Å². The molecule has 1 heterocycles. The standard InChI is InChI=1S/C22H27O6P/c1-17-13-21(28-22(23)18(17)2)16-27-29(24,25-14-19-9-5-3-6-10-19)26-15-20-11-7-4-8-12-20/h3-12,17-18,21H,13-16H2,1-2H3/t17-,18+,21-/m0/s1. The van der Waals surface area contributed by atoms with Crippen LogP contribution < -0.4 is 0 Å². The predicted octanol–water partition coefficient (Wildman–Crippen LogP) is 5.13. The van der Waals surface area contributed by atoms with Gasteiger partial charge >= 0.3 is 13.8 Å². The lowest BCUT2D eigenvalue weighted by Gasteiger charge is -2.31. The van der Waals surface area contributed by atoms with Gasteiger partial charge in [0.05, 0.1) is 25.7 Å². The van der Waals surface area contributed by atoms with Crippen molar-refractivity contribution in [1.29, 1.82) is 0 Å². The smallest absolute Gasteiger partial charge is 0.460 e. The average molecular weight is 418 g/mol. The van der Waals surface area contributed by atoms with Gasteiger partial charge in [-0.1, -0.05) is 74.5 Å². The fourth-order valence-corrected chi connectivity index (χ4v) is 4.20. The second-order valence-corrected chi connectivity index (χ2v) is 8.99. The van der Waals surface area contributed by atoms with E-state index in [-0.39, 0.29) is 37.6 Å². The molecule has 0 aliphatic carbocycles. The summed E-state index contributed by atoms with van der Waals surface area (Å²) < 4.78 is 35.3. The third-order valence-electron chi connectivity index (χ3n) is 5.03. The molecular formula is C22H27O6P. The summed E-state index contributed by atoms with van der Waals surface area (Å²) in [6, 6.07) is 18.8. The summed E-state index contributed by atoms with van der Waals surface area (Å²) in [4.78, 5) is 12.0. The van der Waals surface area contributed by atoms with E-state index in [1.54, 1.807) is 0 Å². The van der Waals surface area contributed by atoms with Crippen molar-refractivity contribution in [3.8, 4) is 0 Å². The highest BCUT2D eigenvalue weighted by molar-refractivity contribution is 7.48. The summed E-state index contributed by atoms with van der Waals surface area (Å²) in [5.41, 5.74) is 1.71. The zero-order valence-corrected chi connectivity index (χ0v) is 17.6. The minimum absolute atomic E-state index is 0.0380. The zero-order valence-electron chi connectivity index (χ0n) is 16.7. The maximum Gasteiger partial charge on any atom is 0.475 e. The highest BCUT2D eigenvalue weighted by Gasteiger charge is 2.35. The van der Waals surface area contributed by atoms with Crippen LogP contribution in [0.25, 0.3) is 0 Å². The van der Waals surface area contributed by atoms with Crippen LogP contribution in [0.15, 0.2) is 60.7 Å². The highest BCUT2D eigenvalue weighted by atomic mass is 31.2. The number of phosphoric ester groups is 1. The van der Waals surface area contributed by atoms with Crippen LogP contribution >= 0.6 is 7.82 Å². The molecule has 2 aromatic rings. The molecule has 0 amide bonds. The molecule has 2 aromatic carbocycles. The van der Waals surface area contributed by atoms with Gasteiger partial charge in [-0.05, 0) is 23.5 Å². The lowest BCUT2D eigenvalue weighted by molar-refractivity contribution is -0.165. The number of carbonyl (C=O) groups is 1. The number of cyclic esters (lactones) is 1. The molecule has 1 aliphatic rings. The number of benzene rings is 2. The van der Waals surface area contributed by atoms with E-state index in [1.165, 1.54) is 0 Å². The molecule has 0 unspecified atom stereocenters. The Labute approximate surface area is 171 Å². The Bertz CT molecular complexity index is 778. The van der Waals surface area contributed by atoms with Gasteiger partial charge in [0.1, 0.15) is 6.10 Å². The fraction of sp³-hybridized carbons (Fsp3) is 0.409. The van der Waals surface area contributed by atoms with Crippen molar-refractivity contribution in [2.24, 2.45) is 11.8 Å². The van der Waals surface area contributed by atoms with Crippen LogP contribution in [0.1, 0.15) is 31.4 Å². The summed E-state index contributed by atoms with van der Waals surface area (Å²) in [5, 5.41) is 0. The van der Waals surface area contributed by atoms with Crippen LogP contribution in [0, 0.1) is 11.8 Å². The van der Waals surface area contributed by atoms with Gasteiger partial charge in [0.15, 0.2) is 0 Å².